The summed E-state index contributed by atoms with van der Waals surface area (Å²) >= 11 is 8.15. The van der Waals surface area contributed by atoms with Crippen LogP contribution in [0.2, 0.25) is 5.02 Å². The molecule has 0 aromatic heterocycles. The lowest BCUT2D eigenvalue weighted by molar-refractivity contribution is -0.143. The number of amides is 2. The van der Waals surface area contributed by atoms with Gasteiger partial charge in [-0.2, -0.15) is 0 Å². The Hall–Kier alpha value is -3.43. The Morgan fingerprint density at radius 2 is 1.69 bits per heavy atom. The minimum absolute atomic E-state index is 0.0303. The molecule has 8 heteroatoms. The molecule has 2 unspecified atom stereocenters. The Morgan fingerprint density at radius 1 is 0.972 bits per heavy atom. The Kier molecular flexibility index (Phi) is 6.68. The molecule has 0 aliphatic carbocycles. The number of nitrogens with zero attached hydrogens (tertiary/aromatic N) is 1. The van der Waals surface area contributed by atoms with Gasteiger partial charge < -0.3 is 15.3 Å². The Labute approximate surface area is 226 Å². The molecule has 0 fully saturated rings. The van der Waals surface area contributed by atoms with E-state index in [4.69, 9.17) is 11.6 Å². The van der Waals surface area contributed by atoms with Crippen LogP contribution in [-0.4, -0.2) is 33.8 Å². The molecule has 1 heterocycles. The van der Waals surface area contributed by atoms with Gasteiger partial charge in [0, 0.05) is 15.0 Å². The van der Waals surface area contributed by atoms with Crippen LogP contribution in [0, 0.1) is 3.57 Å². The number of carboxylic acids is 1. The smallest absolute Gasteiger partial charge is 0.326 e. The van der Waals surface area contributed by atoms with E-state index in [1.807, 2.05) is 42.5 Å². The van der Waals surface area contributed by atoms with Crippen LogP contribution in [0.5, 0.6) is 0 Å². The van der Waals surface area contributed by atoms with Crippen molar-refractivity contribution in [2.45, 2.75) is 18.5 Å². The van der Waals surface area contributed by atoms with Crippen molar-refractivity contribution in [2.24, 2.45) is 0 Å². The summed E-state index contributed by atoms with van der Waals surface area (Å²) in [6.45, 7) is 0. The van der Waals surface area contributed by atoms with Crippen molar-refractivity contribution in [3.05, 3.63) is 110 Å². The van der Waals surface area contributed by atoms with Crippen molar-refractivity contribution >= 4 is 68.4 Å². The number of hydrogen-bond acceptors (Lipinski definition) is 3. The molecule has 0 spiro atoms. The first-order valence-electron chi connectivity index (χ1n) is 11.2. The van der Waals surface area contributed by atoms with E-state index in [9.17, 15) is 19.5 Å². The average Bonchev–Trinajstić information content (AvgIpc) is 2.97. The minimum atomic E-state index is -1.30. The summed E-state index contributed by atoms with van der Waals surface area (Å²) in [4.78, 5) is 41.4. The van der Waals surface area contributed by atoms with E-state index in [2.05, 4.69) is 27.9 Å². The van der Waals surface area contributed by atoms with Crippen LogP contribution < -0.4 is 5.32 Å². The number of carbonyl (C=O) groups is 3. The molecule has 0 bridgehead atoms. The second-order valence-electron chi connectivity index (χ2n) is 8.59. The quantitative estimate of drug-likeness (QED) is 0.274. The number of rotatable bonds is 5. The molecule has 2 N–H and O–H groups in total. The van der Waals surface area contributed by atoms with Crippen LogP contribution in [0.15, 0.2) is 84.9 Å². The lowest BCUT2D eigenvalue weighted by atomic mass is 9.96. The maximum Gasteiger partial charge on any atom is 0.326 e. The van der Waals surface area contributed by atoms with Gasteiger partial charge in [0.05, 0.1) is 11.3 Å². The van der Waals surface area contributed by atoms with Gasteiger partial charge in [-0.15, -0.1) is 0 Å². The van der Waals surface area contributed by atoms with Crippen molar-refractivity contribution in [3.63, 3.8) is 0 Å². The number of anilines is 1. The largest absolute Gasteiger partial charge is 0.480 e. The van der Waals surface area contributed by atoms with E-state index in [0.717, 1.165) is 19.9 Å². The third kappa shape index (κ3) is 4.68. The van der Waals surface area contributed by atoms with Gasteiger partial charge in [0.15, 0.2) is 0 Å². The molecule has 4 aromatic carbocycles. The maximum atomic E-state index is 14.0. The first-order valence-corrected chi connectivity index (χ1v) is 12.7. The molecule has 0 radical (unpaired) electrons. The SMILES string of the molecule is O=C(O)C(Cc1ccc2ccccc2c1)N1C(=O)c2cc(I)ccc2NC(=O)C1c1ccc(Cl)cc1. The standard InChI is InChI=1S/C28H20ClIN2O4/c29-20-9-7-18(8-10-20)25-26(33)31-23-12-11-21(30)15-22(23)27(34)32(25)24(28(35)36)14-16-5-6-17-3-1-2-4-19(17)13-16/h1-13,15,24-25H,14H2,(H,31,33)(H,35,36). The van der Waals surface area contributed by atoms with Gasteiger partial charge in [-0.3, -0.25) is 9.59 Å². The van der Waals surface area contributed by atoms with Crippen LogP contribution >= 0.6 is 34.2 Å². The van der Waals surface area contributed by atoms with Crippen molar-refractivity contribution in [2.75, 3.05) is 5.32 Å². The summed E-state index contributed by atoms with van der Waals surface area (Å²) in [5.41, 5.74) is 1.81. The molecule has 36 heavy (non-hydrogen) atoms. The van der Waals surface area contributed by atoms with Crippen LogP contribution in [0.4, 0.5) is 5.69 Å². The van der Waals surface area contributed by atoms with Gasteiger partial charge in [0.25, 0.3) is 11.8 Å². The van der Waals surface area contributed by atoms with Gasteiger partial charge in [-0.1, -0.05) is 66.2 Å². The number of aliphatic carboxylic acids is 1. The van der Waals surface area contributed by atoms with Crippen molar-refractivity contribution in [1.82, 2.24) is 4.90 Å². The number of hydrogen-bond donors (Lipinski definition) is 2. The fourth-order valence-electron chi connectivity index (χ4n) is 4.56. The molecule has 0 saturated heterocycles. The zero-order chi connectivity index (χ0) is 25.4. The second-order valence-corrected chi connectivity index (χ2v) is 10.3. The summed E-state index contributed by atoms with van der Waals surface area (Å²) in [7, 11) is 0. The average molecular weight is 611 g/mol. The zero-order valence-corrected chi connectivity index (χ0v) is 21.7. The van der Waals surface area contributed by atoms with E-state index in [-0.39, 0.29) is 12.0 Å². The van der Waals surface area contributed by atoms with Crippen molar-refractivity contribution in [3.8, 4) is 0 Å². The third-order valence-electron chi connectivity index (χ3n) is 6.28. The van der Waals surface area contributed by atoms with E-state index in [1.54, 1.807) is 42.5 Å². The van der Waals surface area contributed by atoms with Crippen LogP contribution in [-0.2, 0) is 16.0 Å². The topological polar surface area (TPSA) is 86.7 Å². The van der Waals surface area contributed by atoms with E-state index in [1.165, 1.54) is 4.90 Å². The van der Waals surface area contributed by atoms with Crippen molar-refractivity contribution < 1.29 is 19.5 Å². The monoisotopic (exact) mass is 610 g/mol. The molecule has 1 aliphatic rings. The number of benzene rings is 4. The number of fused-ring (bicyclic) bond motifs is 2. The Morgan fingerprint density at radius 3 is 2.42 bits per heavy atom. The highest BCUT2D eigenvalue weighted by Crippen LogP contribution is 2.35. The Balaban J connectivity index is 1.64. The van der Waals surface area contributed by atoms with Crippen LogP contribution in [0.3, 0.4) is 0 Å². The first-order chi connectivity index (χ1) is 17.3. The zero-order valence-electron chi connectivity index (χ0n) is 18.8. The molecule has 6 nitrogen and oxygen atoms in total. The molecule has 0 saturated carbocycles. The van der Waals surface area contributed by atoms with E-state index >= 15 is 0 Å². The van der Waals surface area contributed by atoms with E-state index in [0.29, 0.717) is 16.3 Å². The van der Waals surface area contributed by atoms with Gasteiger partial charge >= 0.3 is 5.97 Å². The lowest BCUT2D eigenvalue weighted by Crippen LogP contribution is -2.50. The van der Waals surface area contributed by atoms with Gasteiger partial charge in [0.2, 0.25) is 0 Å². The molecule has 4 aromatic rings. The fourth-order valence-corrected chi connectivity index (χ4v) is 5.18. The summed E-state index contributed by atoms with van der Waals surface area (Å²) in [5, 5.41) is 15.6. The highest BCUT2D eigenvalue weighted by molar-refractivity contribution is 14.1. The first kappa shape index (κ1) is 24.3. The molecule has 180 valence electrons. The van der Waals surface area contributed by atoms with E-state index < -0.39 is 29.9 Å². The highest BCUT2D eigenvalue weighted by atomic mass is 127. The van der Waals surface area contributed by atoms with Crippen molar-refractivity contribution in [1.29, 1.82) is 0 Å². The molecule has 2 amide bonds. The molecule has 2 atom stereocenters. The summed E-state index contributed by atoms with van der Waals surface area (Å²) in [6.07, 6.45) is 0.0303. The number of nitrogens with one attached hydrogen (secondary N) is 1. The molecular formula is C28H20ClIN2O4. The summed E-state index contributed by atoms with van der Waals surface area (Å²) < 4.78 is 0.792. The fraction of sp³-hybridized carbons (Fsp3) is 0.107. The minimum Gasteiger partial charge on any atom is -0.480 e. The number of halogens is 2. The van der Waals surface area contributed by atoms with Gasteiger partial charge in [0.1, 0.15) is 12.1 Å². The normalized spacial score (nSPS) is 16.3. The Bertz CT molecular complexity index is 1510. The second kappa shape index (κ2) is 9.91. The predicted molar refractivity (Wildman–Crippen MR) is 147 cm³/mol. The summed E-state index contributed by atoms with van der Waals surface area (Å²) in [6, 6.07) is 22.6. The van der Waals surface area contributed by atoms with Crippen LogP contribution in [0.25, 0.3) is 10.8 Å². The molecular weight excluding hydrogens is 591 g/mol. The number of carboxylic acid groups (broad SMARTS) is 1. The lowest BCUT2D eigenvalue weighted by Gasteiger charge is -2.34. The van der Waals surface area contributed by atoms with Gasteiger partial charge in [-0.05, 0) is 74.8 Å². The van der Waals surface area contributed by atoms with Crippen LogP contribution in [0.1, 0.15) is 27.5 Å². The highest BCUT2D eigenvalue weighted by Gasteiger charge is 2.43. The maximum absolute atomic E-state index is 14.0. The molecule has 5 rings (SSSR count). The predicted octanol–water partition coefficient (Wildman–Crippen LogP) is 5.93. The molecule has 1 aliphatic heterocycles. The van der Waals surface area contributed by atoms with Gasteiger partial charge in [-0.25, -0.2) is 4.79 Å². The summed E-state index contributed by atoms with van der Waals surface area (Å²) in [5.74, 6) is -2.22. The number of carbonyl (C=O) groups excluding carboxylic acids is 2. The third-order valence-corrected chi connectivity index (χ3v) is 7.20.